The van der Waals surface area contributed by atoms with Crippen molar-refractivity contribution in [2.24, 2.45) is 0 Å². The fraction of sp³-hybridized carbons (Fsp3) is 0.520. The number of hydrogen-bond acceptors (Lipinski definition) is 7. The second kappa shape index (κ2) is 12.0. The molecular weight excluding hydrogens is 457 g/mol. The molecule has 0 heterocycles. The van der Waals surface area contributed by atoms with E-state index in [1.54, 1.807) is 31.2 Å². The van der Waals surface area contributed by atoms with Crippen molar-refractivity contribution >= 4 is 7.37 Å². The number of benzene rings is 2. The van der Waals surface area contributed by atoms with Gasteiger partial charge in [0.05, 0.1) is 6.61 Å². The SMILES string of the molecule is CCC(NCC(O)COc1ccc(O)c(CO)c1)(Oc1ccccc1)P(=O)(O)C1CCCCC1. The number of rotatable bonds is 12. The largest absolute Gasteiger partial charge is 0.508 e. The van der Waals surface area contributed by atoms with E-state index in [4.69, 9.17) is 9.47 Å². The Labute approximate surface area is 201 Å². The number of para-hydroxylation sites is 1. The number of ether oxygens (including phenoxy) is 2. The summed E-state index contributed by atoms with van der Waals surface area (Å²) >= 11 is 0. The van der Waals surface area contributed by atoms with E-state index in [1.165, 1.54) is 18.2 Å². The Morgan fingerprint density at radius 1 is 1.12 bits per heavy atom. The standard InChI is InChI=1S/C25H36NO7P/c1-2-25(33-21-9-5-3-6-10-21,34(30,31)23-11-7-4-8-12-23)26-16-20(28)18-32-22-13-14-24(29)19(15-22)17-27/h3,5-6,9-10,13-15,20,23,26-29H,2,4,7-8,11-12,16-18H2,1H3,(H,30,31). The number of hydrogen-bond donors (Lipinski definition) is 5. The molecule has 0 radical (unpaired) electrons. The zero-order valence-electron chi connectivity index (χ0n) is 19.6. The summed E-state index contributed by atoms with van der Waals surface area (Å²) in [5, 5.41) is 32.6. The van der Waals surface area contributed by atoms with Crippen LogP contribution in [0.3, 0.4) is 0 Å². The van der Waals surface area contributed by atoms with E-state index in [0.717, 1.165) is 19.3 Å². The Balaban J connectivity index is 1.73. The van der Waals surface area contributed by atoms with Gasteiger partial charge in [-0.1, -0.05) is 44.4 Å². The normalized spacial score (nSPS) is 19.1. The lowest BCUT2D eigenvalue weighted by atomic mass is 10.0. The Morgan fingerprint density at radius 3 is 2.47 bits per heavy atom. The van der Waals surface area contributed by atoms with E-state index in [-0.39, 0.29) is 37.6 Å². The third-order valence-corrected chi connectivity index (χ3v) is 9.48. The highest BCUT2D eigenvalue weighted by Crippen LogP contribution is 2.62. The van der Waals surface area contributed by atoms with Gasteiger partial charge in [-0.15, -0.1) is 0 Å². The van der Waals surface area contributed by atoms with Gasteiger partial charge >= 0.3 is 0 Å². The maximum absolute atomic E-state index is 13.9. The molecule has 3 unspecified atom stereocenters. The lowest BCUT2D eigenvalue weighted by molar-refractivity contribution is 0.0545. The molecule has 0 amide bonds. The van der Waals surface area contributed by atoms with E-state index in [2.05, 4.69) is 5.32 Å². The molecule has 3 rings (SSSR count). The van der Waals surface area contributed by atoms with Crippen LogP contribution < -0.4 is 14.8 Å². The van der Waals surface area contributed by atoms with Gasteiger partial charge in [0.1, 0.15) is 30.0 Å². The summed E-state index contributed by atoms with van der Waals surface area (Å²) in [4.78, 5) is 11.4. The molecule has 1 aliphatic rings. The molecule has 188 valence electrons. The van der Waals surface area contributed by atoms with Gasteiger partial charge in [0.25, 0.3) is 7.37 Å². The van der Waals surface area contributed by atoms with Crippen LogP contribution in [-0.2, 0) is 11.2 Å². The Kier molecular flexibility index (Phi) is 9.39. The van der Waals surface area contributed by atoms with Gasteiger partial charge in [-0.25, -0.2) is 0 Å². The third kappa shape index (κ3) is 6.32. The first-order valence-corrected chi connectivity index (χ1v) is 13.6. The summed E-state index contributed by atoms with van der Waals surface area (Å²) in [5.74, 6) is 0.829. The van der Waals surface area contributed by atoms with Crippen molar-refractivity contribution in [3.63, 3.8) is 0 Å². The van der Waals surface area contributed by atoms with Gasteiger partial charge in [0.2, 0.25) is 5.47 Å². The van der Waals surface area contributed by atoms with Gasteiger partial charge in [-0.3, -0.25) is 9.88 Å². The fourth-order valence-electron chi connectivity index (χ4n) is 4.35. The minimum atomic E-state index is -3.86. The summed E-state index contributed by atoms with van der Waals surface area (Å²) < 4.78 is 25.7. The highest BCUT2D eigenvalue weighted by atomic mass is 31.2. The van der Waals surface area contributed by atoms with Crippen molar-refractivity contribution in [1.82, 2.24) is 5.32 Å². The van der Waals surface area contributed by atoms with Crippen molar-refractivity contribution < 1.29 is 34.3 Å². The molecule has 34 heavy (non-hydrogen) atoms. The van der Waals surface area contributed by atoms with Crippen LogP contribution in [0.15, 0.2) is 48.5 Å². The van der Waals surface area contributed by atoms with Crippen LogP contribution in [0.4, 0.5) is 0 Å². The highest BCUT2D eigenvalue weighted by molar-refractivity contribution is 7.60. The first-order valence-electron chi connectivity index (χ1n) is 11.9. The number of nitrogens with one attached hydrogen (secondary N) is 1. The smallest absolute Gasteiger partial charge is 0.260 e. The molecule has 8 nitrogen and oxygen atoms in total. The maximum atomic E-state index is 13.9. The summed E-state index contributed by atoms with van der Waals surface area (Å²) in [6.45, 7) is 1.35. The molecule has 0 bridgehead atoms. The number of aliphatic hydroxyl groups is 2. The Hall–Kier alpha value is -2.09. The minimum Gasteiger partial charge on any atom is -0.508 e. The molecule has 1 fully saturated rings. The summed E-state index contributed by atoms with van der Waals surface area (Å²) in [5.41, 5.74) is -1.58. The van der Waals surface area contributed by atoms with Crippen LogP contribution in [0.1, 0.15) is 51.0 Å². The molecule has 1 saturated carbocycles. The average molecular weight is 494 g/mol. The topological polar surface area (TPSA) is 128 Å². The van der Waals surface area contributed by atoms with Crippen LogP contribution in [0.2, 0.25) is 0 Å². The fourth-order valence-corrected chi connectivity index (χ4v) is 7.02. The summed E-state index contributed by atoms with van der Waals surface area (Å²) in [6, 6.07) is 13.4. The molecule has 3 atom stereocenters. The number of aromatic hydroxyl groups is 1. The van der Waals surface area contributed by atoms with Crippen LogP contribution in [0.25, 0.3) is 0 Å². The van der Waals surface area contributed by atoms with Gasteiger partial charge in [-0.05, 0) is 43.2 Å². The van der Waals surface area contributed by atoms with Crippen molar-refractivity contribution in [3.8, 4) is 17.2 Å². The highest BCUT2D eigenvalue weighted by Gasteiger charge is 2.53. The molecule has 1 aliphatic carbocycles. The lowest BCUT2D eigenvalue weighted by Gasteiger charge is -2.42. The summed E-state index contributed by atoms with van der Waals surface area (Å²) in [7, 11) is -3.86. The molecule has 0 aliphatic heterocycles. The van der Waals surface area contributed by atoms with Crippen LogP contribution in [0.5, 0.6) is 17.2 Å². The molecule has 2 aromatic carbocycles. The Bertz CT molecular complexity index is 952. The predicted octanol–water partition coefficient (Wildman–Crippen LogP) is 3.96. The molecule has 0 spiro atoms. The number of aliphatic hydroxyl groups excluding tert-OH is 2. The average Bonchev–Trinajstić information content (AvgIpc) is 2.87. The molecule has 9 heteroatoms. The molecular formula is C25H36NO7P. The van der Waals surface area contributed by atoms with E-state index in [9.17, 15) is 24.8 Å². The van der Waals surface area contributed by atoms with E-state index >= 15 is 0 Å². The minimum absolute atomic E-state index is 0.0249. The second-order valence-electron chi connectivity index (χ2n) is 8.76. The first kappa shape index (κ1) is 26.5. The second-order valence-corrected chi connectivity index (χ2v) is 11.5. The predicted molar refractivity (Wildman–Crippen MR) is 130 cm³/mol. The Morgan fingerprint density at radius 2 is 1.82 bits per heavy atom. The summed E-state index contributed by atoms with van der Waals surface area (Å²) in [6.07, 6.45) is 3.48. The molecule has 0 saturated heterocycles. The maximum Gasteiger partial charge on any atom is 0.260 e. The van der Waals surface area contributed by atoms with E-state index in [1.807, 2.05) is 6.07 Å². The van der Waals surface area contributed by atoms with Crippen LogP contribution >= 0.6 is 7.37 Å². The van der Waals surface area contributed by atoms with Gasteiger partial charge in [0, 0.05) is 24.2 Å². The van der Waals surface area contributed by atoms with Crippen molar-refractivity contribution in [2.45, 2.75) is 69.3 Å². The molecule has 5 N–H and O–H groups in total. The van der Waals surface area contributed by atoms with Crippen LogP contribution in [-0.4, -0.2) is 50.6 Å². The van der Waals surface area contributed by atoms with Crippen molar-refractivity contribution in [3.05, 3.63) is 54.1 Å². The van der Waals surface area contributed by atoms with E-state index in [0.29, 0.717) is 29.9 Å². The number of phenols is 1. The quantitative estimate of drug-likeness (QED) is 0.222. The third-order valence-electron chi connectivity index (χ3n) is 6.37. The van der Waals surface area contributed by atoms with Gasteiger partial charge in [0.15, 0.2) is 0 Å². The van der Waals surface area contributed by atoms with Crippen molar-refractivity contribution in [2.75, 3.05) is 13.2 Å². The van der Waals surface area contributed by atoms with Crippen molar-refractivity contribution in [1.29, 1.82) is 0 Å². The zero-order chi connectivity index (χ0) is 24.6. The monoisotopic (exact) mass is 493 g/mol. The molecule has 0 aromatic heterocycles. The van der Waals surface area contributed by atoms with Gasteiger partial charge < -0.3 is 29.7 Å². The lowest BCUT2D eigenvalue weighted by Crippen LogP contribution is -2.54. The van der Waals surface area contributed by atoms with E-state index < -0.39 is 18.9 Å². The molecule has 2 aromatic rings. The van der Waals surface area contributed by atoms with Gasteiger partial charge in [-0.2, -0.15) is 0 Å². The van der Waals surface area contributed by atoms with Crippen LogP contribution in [0, 0.1) is 0 Å². The zero-order valence-corrected chi connectivity index (χ0v) is 20.5. The first-order chi connectivity index (χ1) is 16.3.